The number of β-lactam (4-membered cyclic amide) rings is 1. The molecule has 0 unspecified atom stereocenters. The van der Waals surface area contributed by atoms with Gasteiger partial charge in [-0.15, -0.1) is 11.3 Å². The molecule has 8 nitrogen and oxygen atoms in total. The van der Waals surface area contributed by atoms with Crippen LogP contribution in [-0.2, 0) is 16.0 Å². The number of nitrogens with one attached hydrogen (secondary N) is 2. The van der Waals surface area contributed by atoms with Crippen LogP contribution in [0.25, 0.3) is 0 Å². The summed E-state index contributed by atoms with van der Waals surface area (Å²) in [6, 6.07) is 15.3. The number of anilines is 2. The van der Waals surface area contributed by atoms with E-state index in [1.54, 1.807) is 20.3 Å². The van der Waals surface area contributed by atoms with Crippen molar-refractivity contribution in [1.29, 1.82) is 0 Å². The minimum Gasteiger partial charge on any atom is -0.373 e. The van der Waals surface area contributed by atoms with E-state index < -0.39 is 18.0 Å². The number of likely N-dealkylation sites (tertiary alicyclic amines) is 1. The van der Waals surface area contributed by atoms with E-state index >= 15 is 0 Å². The van der Waals surface area contributed by atoms with Gasteiger partial charge in [-0.25, -0.2) is 9.78 Å². The summed E-state index contributed by atoms with van der Waals surface area (Å²) in [6.07, 6.45) is 2.65. The summed E-state index contributed by atoms with van der Waals surface area (Å²) in [5.74, 6) is -0.607. The molecule has 3 atom stereocenters. The Labute approximate surface area is 209 Å². The molecule has 3 heterocycles. The second-order valence-electron chi connectivity index (χ2n) is 8.43. The second kappa shape index (κ2) is 10.7. The molecular formula is C26H29N5O3S. The van der Waals surface area contributed by atoms with E-state index in [9.17, 15) is 14.4 Å². The highest BCUT2D eigenvalue weighted by Crippen LogP contribution is 2.34. The molecule has 1 saturated heterocycles. The molecule has 2 aromatic heterocycles. The lowest BCUT2D eigenvalue weighted by atomic mass is 9.81. The smallest absolute Gasteiger partial charge is 0.325 e. The number of thiophene rings is 1. The molecule has 1 aliphatic heterocycles. The summed E-state index contributed by atoms with van der Waals surface area (Å²) < 4.78 is 0. The number of benzene rings is 1. The first-order chi connectivity index (χ1) is 16.9. The van der Waals surface area contributed by atoms with Crippen molar-refractivity contribution >= 4 is 40.0 Å². The first-order valence-corrected chi connectivity index (χ1v) is 12.4. The number of carbonyl (C=O) groups excluding carboxylic acids is 3. The van der Waals surface area contributed by atoms with Crippen LogP contribution < -0.4 is 15.5 Å². The van der Waals surface area contributed by atoms with Crippen molar-refractivity contribution in [1.82, 2.24) is 15.2 Å². The normalized spacial score (nSPS) is 17.9. The zero-order valence-electron chi connectivity index (χ0n) is 20.0. The van der Waals surface area contributed by atoms with Crippen LogP contribution in [-0.4, -0.2) is 47.9 Å². The third-order valence-corrected chi connectivity index (χ3v) is 7.24. The van der Waals surface area contributed by atoms with Gasteiger partial charge < -0.3 is 15.5 Å². The zero-order valence-corrected chi connectivity index (χ0v) is 20.8. The lowest BCUT2D eigenvalue weighted by molar-refractivity contribution is -0.156. The van der Waals surface area contributed by atoms with E-state index in [1.165, 1.54) is 16.2 Å². The summed E-state index contributed by atoms with van der Waals surface area (Å²) in [6.45, 7) is 1.97. The topological polar surface area (TPSA) is 94.6 Å². The lowest BCUT2D eigenvalue weighted by Crippen LogP contribution is -2.70. The number of urea groups is 1. The fourth-order valence-electron chi connectivity index (χ4n) is 4.34. The fourth-order valence-corrected chi connectivity index (χ4v) is 5.04. The van der Waals surface area contributed by atoms with Crippen LogP contribution in [0.5, 0.6) is 0 Å². The Bertz CT molecular complexity index is 1180. The van der Waals surface area contributed by atoms with E-state index in [-0.39, 0.29) is 17.9 Å². The molecule has 3 aromatic rings. The monoisotopic (exact) mass is 491 g/mol. The largest absolute Gasteiger partial charge is 0.373 e. The van der Waals surface area contributed by atoms with Gasteiger partial charge >= 0.3 is 6.03 Å². The summed E-state index contributed by atoms with van der Waals surface area (Å²) >= 11 is 1.43. The first kappa shape index (κ1) is 24.4. The summed E-state index contributed by atoms with van der Waals surface area (Å²) in [5, 5.41) is 8.58. The van der Waals surface area contributed by atoms with Crippen LogP contribution >= 0.6 is 11.3 Å². The highest BCUT2D eigenvalue weighted by atomic mass is 32.1. The van der Waals surface area contributed by atoms with Crippen molar-refractivity contribution in [3.05, 3.63) is 77.3 Å². The molecule has 9 heteroatoms. The summed E-state index contributed by atoms with van der Waals surface area (Å²) in [7, 11) is 3.44. The Morgan fingerprint density at radius 1 is 1.17 bits per heavy atom. The minimum atomic E-state index is -0.894. The van der Waals surface area contributed by atoms with Gasteiger partial charge in [-0.2, -0.15) is 0 Å². The van der Waals surface area contributed by atoms with Gasteiger partial charge in [0.05, 0.1) is 17.0 Å². The van der Waals surface area contributed by atoms with Crippen LogP contribution in [0.3, 0.4) is 0 Å². The molecule has 0 bridgehead atoms. The predicted octanol–water partition coefficient (Wildman–Crippen LogP) is 4.08. The number of likely N-dealkylation sites (N-methyl/N-ethyl adjacent to an activating group) is 1. The van der Waals surface area contributed by atoms with Crippen LogP contribution in [0.15, 0.2) is 66.2 Å². The van der Waals surface area contributed by atoms with Gasteiger partial charge in [0.25, 0.3) is 5.91 Å². The fraction of sp³-hybridized carbons (Fsp3) is 0.308. The molecule has 0 radical (unpaired) electrons. The lowest BCUT2D eigenvalue weighted by Gasteiger charge is -2.46. The van der Waals surface area contributed by atoms with Gasteiger partial charge in [0, 0.05) is 20.3 Å². The molecule has 35 heavy (non-hydrogen) atoms. The molecular weight excluding hydrogens is 462 g/mol. The quantitative estimate of drug-likeness (QED) is 0.463. The van der Waals surface area contributed by atoms with E-state index in [2.05, 4.69) is 15.6 Å². The predicted molar refractivity (Wildman–Crippen MR) is 137 cm³/mol. The van der Waals surface area contributed by atoms with Gasteiger partial charge in [0.2, 0.25) is 5.91 Å². The average Bonchev–Trinajstić information content (AvgIpc) is 3.43. The van der Waals surface area contributed by atoms with Gasteiger partial charge in [0.15, 0.2) is 0 Å². The maximum absolute atomic E-state index is 13.6. The van der Waals surface area contributed by atoms with E-state index in [0.29, 0.717) is 18.7 Å². The Morgan fingerprint density at radius 3 is 2.60 bits per heavy atom. The number of hydrogen-bond donors (Lipinski definition) is 2. The van der Waals surface area contributed by atoms with Crippen molar-refractivity contribution in [2.24, 2.45) is 5.92 Å². The Morgan fingerprint density at radius 2 is 1.94 bits per heavy atom. The minimum absolute atomic E-state index is 0.264. The molecule has 0 aliphatic carbocycles. The van der Waals surface area contributed by atoms with Gasteiger partial charge in [0.1, 0.15) is 11.9 Å². The Balaban J connectivity index is 1.59. The number of rotatable bonds is 8. The number of amides is 4. The number of hydrogen-bond acceptors (Lipinski definition) is 6. The Kier molecular flexibility index (Phi) is 7.45. The van der Waals surface area contributed by atoms with Crippen LogP contribution in [0.2, 0.25) is 0 Å². The highest BCUT2D eigenvalue weighted by molar-refractivity contribution is 7.14. The van der Waals surface area contributed by atoms with E-state index in [0.717, 1.165) is 21.0 Å². The molecule has 4 amide bonds. The van der Waals surface area contributed by atoms with Crippen LogP contribution in [0.1, 0.15) is 30.5 Å². The van der Waals surface area contributed by atoms with Crippen molar-refractivity contribution in [2.45, 2.75) is 31.8 Å². The molecule has 2 N–H and O–H groups in total. The number of nitrogens with zero attached hydrogens (tertiary/aromatic N) is 3. The summed E-state index contributed by atoms with van der Waals surface area (Å²) in [5.41, 5.74) is 1.82. The molecule has 182 valence electrons. The molecule has 0 saturated carbocycles. The standard InChI is InChI=1S/C26H29N5O3S/c1-4-20(18-9-6-5-7-10-18)29-26(34)31-23(25(33)30(3)22-11-8-14-35-22)19(24(31)32)15-17-12-13-28-21(16-17)27-2/h5-14,16,19-20,23H,4,15H2,1-3H3,(H,27,28)(H,29,34)/t19-,20-,23+/m1/s1. The average molecular weight is 492 g/mol. The van der Waals surface area contributed by atoms with Gasteiger partial charge in [-0.05, 0) is 53.6 Å². The molecule has 1 aliphatic rings. The number of aromatic nitrogens is 1. The van der Waals surface area contributed by atoms with Crippen molar-refractivity contribution < 1.29 is 14.4 Å². The van der Waals surface area contributed by atoms with Gasteiger partial charge in [-0.1, -0.05) is 37.3 Å². The van der Waals surface area contributed by atoms with Gasteiger partial charge in [-0.3, -0.25) is 14.5 Å². The SMILES string of the molecule is CC[C@@H](NC(=O)N1C(=O)[C@H](Cc2ccnc(NC)c2)[C@H]1C(=O)N(C)c1cccs1)c1ccccc1. The molecule has 1 fully saturated rings. The van der Waals surface area contributed by atoms with Crippen molar-refractivity contribution in [2.75, 3.05) is 24.3 Å². The molecule has 0 spiro atoms. The number of pyridine rings is 1. The van der Waals surface area contributed by atoms with Crippen LogP contribution in [0, 0.1) is 5.92 Å². The Hall–Kier alpha value is -3.72. The maximum Gasteiger partial charge on any atom is 0.325 e. The highest BCUT2D eigenvalue weighted by Gasteiger charge is 2.55. The van der Waals surface area contributed by atoms with Crippen LogP contribution in [0.4, 0.5) is 15.6 Å². The van der Waals surface area contributed by atoms with E-state index in [4.69, 9.17) is 0 Å². The third-order valence-electron chi connectivity index (χ3n) is 6.30. The van der Waals surface area contributed by atoms with Crippen molar-refractivity contribution in [3.8, 4) is 0 Å². The molecule has 1 aromatic carbocycles. The zero-order chi connectivity index (χ0) is 24.9. The van der Waals surface area contributed by atoms with E-state index in [1.807, 2.05) is 66.9 Å². The number of carbonyl (C=O) groups is 3. The number of imide groups is 1. The maximum atomic E-state index is 13.6. The second-order valence-corrected chi connectivity index (χ2v) is 9.36. The van der Waals surface area contributed by atoms with Crippen molar-refractivity contribution in [3.63, 3.8) is 0 Å². The first-order valence-electron chi connectivity index (χ1n) is 11.6. The summed E-state index contributed by atoms with van der Waals surface area (Å²) in [4.78, 5) is 47.0. The molecule has 4 rings (SSSR count). The third kappa shape index (κ3) is 5.05.